The summed E-state index contributed by atoms with van der Waals surface area (Å²) in [6.07, 6.45) is 0. The van der Waals surface area contributed by atoms with Gasteiger partial charge in [0, 0.05) is 9.79 Å². The molecular weight excluding hydrogens is 307 g/mol. The highest BCUT2D eigenvalue weighted by Crippen LogP contribution is 2.43. The highest BCUT2D eigenvalue weighted by atomic mass is 32.3. The second-order valence-electron chi connectivity index (χ2n) is 5.35. The monoisotopic (exact) mass is 318 g/mol. The molecule has 21 heavy (non-hydrogen) atoms. The van der Waals surface area contributed by atoms with Crippen molar-refractivity contribution in [3.8, 4) is 11.1 Å². The zero-order valence-corrected chi connectivity index (χ0v) is 14.0. The van der Waals surface area contributed by atoms with Crippen LogP contribution in [0.4, 0.5) is 0 Å². The molecule has 0 aromatic heterocycles. The summed E-state index contributed by atoms with van der Waals surface area (Å²) in [5.41, 5.74) is 2.89. The predicted octanol–water partition coefficient (Wildman–Crippen LogP) is 4.03. The van der Waals surface area contributed by atoms with Crippen molar-refractivity contribution in [2.45, 2.75) is 14.7 Å². The molecule has 0 bridgehead atoms. The Balaban J connectivity index is 1.85. The van der Waals surface area contributed by atoms with E-state index >= 15 is 0 Å². The Hall–Kier alpha value is -1.11. The molecule has 0 N–H and O–H groups in total. The maximum Gasteiger partial charge on any atom is 0.435 e. The minimum atomic E-state index is -1.19. The lowest BCUT2D eigenvalue weighted by atomic mass is 10.1. The van der Waals surface area contributed by atoms with Gasteiger partial charge in [-0.15, -0.1) is 0 Å². The number of hydrogen-bond acceptors (Lipinski definition) is 2. The average Bonchev–Trinajstić information content (AvgIpc) is 2.55. The molecule has 0 saturated carbocycles. The summed E-state index contributed by atoms with van der Waals surface area (Å²) in [5, 5.41) is 0. The maximum absolute atomic E-state index is 2.35. The Morgan fingerprint density at radius 3 is 2.29 bits per heavy atom. The van der Waals surface area contributed by atoms with E-state index in [-0.39, 0.29) is 0 Å². The third-order valence-corrected chi connectivity index (χ3v) is 11.8. The average molecular weight is 318 g/mol. The molecule has 0 unspecified atom stereocenters. The molecule has 98 valence electrons. The molecular formula is C18H11AlS2. The van der Waals surface area contributed by atoms with Gasteiger partial charge in [-0.1, -0.05) is 69.1 Å². The van der Waals surface area contributed by atoms with Gasteiger partial charge in [-0.3, -0.25) is 0 Å². The molecule has 0 radical (unpaired) electrons. The molecule has 0 spiro atoms. The van der Waals surface area contributed by atoms with E-state index in [0.29, 0.717) is 0 Å². The number of rotatable bonds is 0. The fourth-order valence-electron chi connectivity index (χ4n) is 3.24. The van der Waals surface area contributed by atoms with Gasteiger partial charge < -0.3 is 0 Å². The molecule has 0 saturated heterocycles. The van der Waals surface area contributed by atoms with Gasteiger partial charge in [0.2, 0.25) is 0 Å². The summed E-state index contributed by atoms with van der Waals surface area (Å²) in [6, 6.07) is 24.7. The van der Waals surface area contributed by atoms with Gasteiger partial charge in [-0.2, -0.15) is 0 Å². The lowest BCUT2D eigenvalue weighted by Gasteiger charge is -2.31. The highest BCUT2D eigenvalue weighted by Gasteiger charge is 2.38. The molecule has 0 fully saturated rings. The molecule has 3 aromatic rings. The Morgan fingerprint density at radius 2 is 1.33 bits per heavy atom. The summed E-state index contributed by atoms with van der Waals surface area (Å²) in [5.74, 6) is 0. The fourth-order valence-corrected chi connectivity index (χ4v) is 12.0. The van der Waals surface area contributed by atoms with E-state index in [1.165, 1.54) is 25.8 Å². The van der Waals surface area contributed by atoms with E-state index < -0.39 is 13.0 Å². The Morgan fingerprint density at radius 1 is 0.619 bits per heavy atom. The molecule has 3 heteroatoms. The van der Waals surface area contributed by atoms with Gasteiger partial charge in [-0.25, -0.2) is 10.1 Å². The molecule has 0 nitrogen and oxygen atoms in total. The SMILES string of the molecule is c1ccc2c(c1)[S][Al]1[c]3ccccc3Sc3cccc-2[c]31. The number of hydrogen-bond donors (Lipinski definition) is 0. The van der Waals surface area contributed by atoms with Crippen molar-refractivity contribution in [3.05, 3.63) is 66.7 Å². The first-order valence-corrected chi connectivity index (χ1v) is 11.3. The Labute approximate surface area is 136 Å². The zero-order valence-electron chi connectivity index (χ0n) is 11.2. The van der Waals surface area contributed by atoms with Gasteiger partial charge in [-0.05, 0) is 34.2 Å². The first kappa shape index (κ1) is 12.4. The second kappa shape index (κ2) is 4.69. The standard InChI is InChI=1S/C18H12S2.Al/c19-18-12-5-4-11-17(18)14-7-6-10-16(13-14)20-15-8-2-1-3-9-15;/h1-8,10-12,19H;/q;+1/p-1. The minimum absolute atomic E-state index is 1.19. The molecule has 3 aromatic carbocycles. The van der Waals surface area contributed by atoms with Crippen LogP contribution in [-0.4, -0.2) is 13.0 Å². The van der Waals surface area contributed by atoms with Crippen molar-refractivity contribution < 1.29 is 0 Å². The Kier molecular flexibility index (Phi) is 2.78. The van der Waals surface area contributed by atoms with Crippen molar-refractivity contribution in [3.63, 3.8) is 0 Å². The van der Waals surface area contributed by atoms with Crippen LogP contribution < -0.4 is 8.85 Å². The molecule has 0 amide bonds. The van der Waals surface area contributed by atoms with Crippen molar-refractivity contribution in [2.75, 3.05) is 0 Å². The Bertz CT molecular complexity index is 873. The van der Waals surface area contributed by atoms with E-state index in [1.54, 1.807) is 8.85 Å². The van der Waals surface area contributed by atoms with Crippen LogP contribution in [-0.2, 0) is 0 Å². The van der Waals surface area contributed by atoms with Crippen LogP contribution in [0.2, 0.25) is 0 Å². The zero-order chi connectivity index (χ0) is 13.8. The van der Waals surface area contributed by atoms with E-state index in [4.69, 9.17) is 0 Å². The lowest BCUT2D eigenvalue weighted by Crippen LogP contribution is -2.46. The number of benzene rings is 3. The van der Waals surface area contributed by atoms with Crippen LogP contribution in [0.5, 0.6) is 0 Å². The van der Waals surface area contributed by atoms with Crippen LogP contribution in [0.25, 0.3) is 11.1 Å². The largest absolute Gasteiger partial charge is 0.435 e. The summed E-state index contributed by atoms with van der Waals surface area (Å²) >= 11 is 0.751. The van der Waals surface area contributed by atoms with E-state index in [0.717, 1.165) is 0 Å². The van der Waals surface area contributed by atoms with E-state index in [9.17, 15) is 0 Å². The molecule has 2 aliphatic rings. The molecule has 0 atom stereocenters. The topological polar surface area (TPSA) is 0 Å². The smallest absolute Gasteiger partial charge is 0.209 e. The van der Waals surface area contributed by atoms with Gasteiger partial charge in [0.15, 0.2) is 0 Å². The van der Waals surface area contributed by atoms with Crippen molar-refractivity contribution in [2.24, 2.45) is 0 Å². The molecule has 0 aliphatic carbocycles. The fraction of sp³-hybridized carbons (Fsp3) is 0. The summed E-state index contributed by atoms with van der Waals surface area (Å²) in [7, 11) is 2.13. The van der Waals surface area contributed by atoms with Crippen LogP contribution in [0, 0.1) is 0 Å². The predicted molar refractivity (Wildman–Crippen MR) is 93.3 cm³/mol. The van der Waals surface area contributed by atoms with Crippen molar-refractivity contribution in [1.29, 1.82) is 0 Å². The maximum atomic E-state index is 2.35. The summed E-state index contributed by atoms with van der Waals surface area (Å²) in [6.45, 7) is 0. The highest BCUT2D eigenvalue weighted by molar-refractivity contribution is 8.28. The van der Waals surface area contributed by atoms with E-state index in [2.05, 4.69) is 76.9 Å². The van der Waals surface area contributed by atoms with Gasteiger partial charge in [0.05, 0.1) is 0 Å². The van der Waals surface area contributed by atoms with Crippen molar-refractivity contribution in [1.82, 2.24) is 0 Å². The normalized spacial score (nSPS) is 14.2. The van der Waals surface area contributed by atoms with E-state index in [1.807, 2.05) is 11.8 Å². The third kappa shape index (κ3) is 1.79. The van der Waals surface area contributed by atoms with Crippen molar-refractivity contribution >= 4 is 43.8 Å². The summed E-state index contributed by atoms with van der Waals surface area (Å²) < 4.78 is 3.24. The quantitative estimate of drug-likeness (QED) is 0.574. The number of fused-ring (bicyclic) bond motifs is 4. The van der Waals surface area contributed by atoms with Crippen LogP contribution >= 0.6 is 21.9 Å². The molecule has 2 heterocycles. The second-order valence-corrected chi connectivity index (χ2v) is 11.2. The van der Waals surface area contributed by atoms with Crippen LogP contribution in [0.1, 0.15) is 0 Å². The van der Waals surface area contributed by atoms with Crippen LogP contribution in [0.15, 0.2) is 81.4 Å². The van der Waals surface area contributed by atoms with Gasteiger partial charge in [0.25, 0.3) is 0 Å². The molecule has 2 aliphatic heterocycles. The van der Waals surface area contributed by atoms with Gasteiger partial charge >= 0.3 is 13.0 Å². The first-order chi connectivity index (χ1) is 10.4. The third-order valence-electron chi connectivity index (χ3n) is 4.17. The molecule has 5 rings (SSSR count). The van der Waals surface area contributed by atoms with Crippen LogP contribution in [0.3, 0.4) is 0 Å². The summed E-state index contributed by atoms with van der Waals surface area (Å²) in [4.78, 5) is 4.40. The minimum Gasteiger partial charge on any atom is -0.209 e. The first-order valence-electron chi connectivity index (χ1n) is 7.07. The lowest BCUT2D eigenvalue weighted by molar-refractivity contribution is 1.40. The van der Waals surface area contributed by atoms with Gasteiger partial charge in [0.1, 0.15) is 0 Å².